The van der Waals surface area contributed by atoms with Crippen LogP contribution in [0.1, 0.15) is 114 Å². The number of nitrogens with zero attached hydrogens (tertiary/aromatic N) is 2. The first-order valence-electron chi connectivity index (χ1n) is 14.5. The van der Waals surface area contributed by atoms with Crippen LogP contribution in [0.25, 0.3) is 22.6 Å². The Balaban J connectivity index is 1.90. The van der Waals surface area contributed by atoms with E-state index in [4.69, 9.17) is 4.42 Å². The number of fused-ring (bicyclic) bond motifs is 3. The number of unbranched alkanes of at least 4 members (excludes halogenated alkanes) is 2. The molecule has 0 saturated carbocycles. The summed E-state index contributed by atoms with van der Waals surface area (Å²) in [5.74, 6) is 2.70. The lowest BCUT2D eigenvalue weighted by molar-refractivity contribution is 0.266. The summed E-state index contributed by atoms with van der Waals surface area (Å²) in [5.41, 5.74) is 8.32. The number of benzene rings is 2. The molecule has 0 N–H and O–H groups in total. The van der Waals surface area contributed by atoms with E-state index in [2.05, 4.69) is 81.2 Å². The van der Waals surface area contributed by atoms with Crippen LogP contribution >= 0.6 is 0 Å². The van der Waals surface area contributed by atoms with E-state index >= 15 is 0 Å². The summed E-state index contributed by atoms with van der Waals surface area (Å²) >= 11 is 0. The summed E-state index contributed by atoms with van der Waals surface area (Å²) in [6.07, 6.45) is 12.7. The molecule has 0 aliphatic heterocycles. The Morgan fingerprint density at radius 2 is 1.33 bits per heavy atom. The molecule has 0 amide bonds. The Hall–Kier alpha value is -2.42. The van der Waals surface area contributed by atoms with Crippen molar-refractivity contribution in [2.75, 3.05) is 0 Å². The van der Waals surface area contributed by atoms with E-state index in [-0.39, 0.29) is 5.41 Å². The SMILES string of the molecule is CCCCC(CC)CC1(CC(CC)CCCC)c2cc(C)ccc2-c2ccc(-c3nnc(C)o3)cc21. The molecule has 1 aliphatic rings. The molecule has 2 aromatic carbocycles. The molecule has 1 heterocycles. The molecule has 194 valence electrons. The van der Waals surface area contributed by atoms with Crippen molar-refractivity contribution in [1.82, 2.24) is 10.2 Å². The first kappa shape index (κ1) is 26.6. The molecule has 2 unspecified atom stereocenters. The zero-order chi connectivity index (χ0) is 25.7. The molecule has 0 fully saturated rings. The van der Waals surface area contributed by atoms with Crippen molar-refractivity contribution in [1.29, 1.82) is 0 Å². The second kappa shape index (κ2) is 11.8. The van der Waals surface area contributed by atoms with Crippen LogP contribution in [0.2, 0.25) is 0 Å². The van der Waals surface area contributed by atoms with E-state index in [9.17, 15) is 0 Å². The van der Waals surface area contributed by atoms with E-state index in [1.165, 1.54) is 86.5 Å². The summed E-state index contributed by atoms with van der Waals surface area (Å²) < 4.78 is 5.88. The molecule has 36 heavy (non-hydrogen) atoms. The Kier molecular flexibility index (Phi) is 8.70. The van der Waals surface area contributed by atoms with Crippen LogP contribution in [0.5, 0.6) is 0 Å². The van der Waals surface area contributed by atoms with Gasteiger partial charge >= 0.3 is 0 Å². The Bertz CT molecular complexity index is 1130. The van der Waals surface area contributed by atoms with Crippen LogP contribution in [-0.4, -0.2) is 10.2 Å². The minimum atomic E-state index is 0.0323. The quantitative estimate of drug-likeness (QED) is 0.241. The predicted molar refractivity (Wildman–Crippen MR) is 151 cm³/mol. The van der Waals surface area contributed by atoms with E-state index in [1.807, 2.05) is 6.92 Å². The molecule has 0 spiro atoms. The smallest absolute Gasteiger partial charge is 0.247 e. The van der Waals surface area contributed by atoms with Crippen LogP contribution in [0, 0.1) is 25.7 Å². The van der Waals surface area contributed by atoms with Crippen molar-refractivity contribution in [3.63, 3.8) is 0 Å². The topological polar surface area (TPSA) is 38.9 Å². The van der Waals surface area contributed by atoms with Gasteiger partial charge in [0.2, 0.25) is 11.8 Å². The molecule has 2 atom stereocenters. The van der Waals surface area contributed by atoms with Crippen LogP contribution in [0.4, 0.5) is 0 Å². The minimum Gasteiger partial charge on any atom is -0.421 e. The third-order valence-corrected chi connectivity index (χ3v) is 8.65. The fourth-order valence-corrected chi connectivity index (χ4v) is 6.55. The largest absolute Gasteiger partial charge is 0.421 e. The fraction of sp³-hybridized carbons (Fsp3) is 0.576. The zero-order valence-corrected chi connectivity index (χ0v) is 23.5. The van der Waals surface area contributed by atoms with Gasteiger partial charge in [-0.3, -0.25) is 0 Å². The number of hydrogen-bond acceptors (Lipinski definition) is 3. The minimum absolute atomic E-state index is 0.0323. The van der Waals surface area contributed by atoms with Gasteiger partial charge < -0.3 is 4.42 Å². The zero-order valence-electron chi connectivity index (χ0n) is 23.5. The number of aryl methyl sites for hydroxylation is 2. The average Bonchev–Trinajstić information content (AvgIpc) is 3.43. The van der Waals surface area contributed by atoms with Gasteiger partial charge in [-0.05, 0) is 66.0 Å². The Morgan fingerprint density at radius 3 is 1.86 bits per heavy atom. The number of hydrogen-bond donors (Lipinski definition) is 0. The van der Waals surface area contributed by atoms with Gasteiger partial charge in [0.05, 0.1) is 0 Å². The van der Waals surface area contributed by atoms with Crippen LogP contribution in [0.3, 0.4) is 0 Å². The molecule has 3 aromatic rings. The van der Waals surface area contributed by atoms with Crippen LogP contribution in [0.15, 0.2) is 40.8 Å². The third-order valence-electron chi connectivity index (χ3n) is 8.65. The highest BCUT2D eigenvalue weighted by Crippen LogP contribution is 2.57. The van der Waals surface area contributed by atoms with Crippen LogP contribution < -0.4 is 0 Å². The average molecular weight is 487 g/mol. The highest BCUT2D eigenvalue weighted by atomic mass is 16.4. The number of aromatic nitrogens is 2. The first-order valence-corrected chi connectivity index (χ1v) is 14.5. The van der Waals surface area contributed by atoms with Crippen molar-refractivity contribution in [3.05, 3.63) is 59.0 Å². The van der Waals surface area contributed by atoms with E-state index in [1.54, 1.807) is 5.56 Å². The molecule has 0 saturated heterocycles. The Labute approximate surface area is 219 Å². The van der Waals surface area contributed by atoms with Gasteiger partial charge in [-0.2, -0.15) is 0 Å². The summed E-state index contributed by atoms with van der Waals surface area (Å²) in [5, 5.41) is 8.49. The third kappa shape index (κ3) is 5.31. The lowest BCUT2D eigenvalue weighted by Crippen LogP contribution is -2.31. The fourth-order valence-electron chi connectivity index (χ4n) is 6.55. The molecular weight excluding hydrogens is 440 g/mol. The van der Waals surface area contributed by atoms with E-state index < -0.39 is 0 Å². The van der Waals surface area contributed by atoms with Crippen LogP contribution in [-0.2, 0) is 5.41 Å². The lowest BCUT2D eigenvalue weighted by atomic mass is 9.65. The van der Waals surface area contributed by atoms with Gasteiger partial charge in [-0.25, -0.2) is 0 Å². The highest BCUT2D eigenvalue weighted by Gasteiger charge is 2.45. The van der Waals surface area contributed by atoms with Gasteiger partial charge in [0, 0.05) is 17.9 Å². The summed E-state index contributed by atoms with van der Waals surface area (Å²) in [6.45, 7) is 13.6. The summed E-state index contributed by atoms with van der Waals surface area (Å²) in [7, 11) is 0. The maximum absolute atomic E-state index is 5.88. The van der Waals surface area contributed by atoms with E-state index in [0.29, 0.717) is 11.8 Å². The second-order valence-corrected chi connectivity index (χ2v) is 11.3. The molecule has 1 aromatic heterocycles. The molecule has 0 radical (unpaired) electrons. The van der Waals surface area contributed by atoms with Crippen molar-refractivity contribution in [2.24, 2.45) is 11.8 Å². The van der Waals surface area contributed by atoms with Crippen molar-refractivity contribution < 1.29 is 4.42 Å². The molecule has 3 heteroatoms. The maximum Gasteiger partial charge on any atom is 0.247 e. The predicted octanol–water partition coefficient (Wildman–Crippen LogP) is 9.83. The van der Waals surface area contributed by atoms with Crippen molar-refractivity contribution >= 4 is 0 Å². The maximum atomic E-state index is 5.88. The number of rotatable bonds is 13. The molecule has 1 aliphatic carbocycles. The van der Waals surface area contributed by atoms with Gasteiger partial charge in [-0.15, -0.1) is 10.2 Å². The van der Waals surface area contributed by atoms with E-state index in [0.717, 1.165) is 17.4 Å². The first-order chi connectivity index (χ1) is 17.4. The molecular formula is C33H46N2O. The van der Waals surface area contributed by atoms with Gasteiger partial charge in [0.1, 0.15) is 0 Å². The molecule has 0 bridgehead atoms. The summed E-state index contributed by atoms with van der Waals surface area (Å²) in [6, 6.07) is 14.1. The lowest BCUT2D eigenvalue weighted by Gasteiger charge is -2.39. The van der Waals surface area contributed by atoms with Gasteiger partial charge in [0.15, 0.2) is 0 Å². The molecule has 4 rings (SSSR count). The van der Waals surface area contributed by atoms with Gasteiger partial charge in [0.25, 0.3) is 0 Å². The second-order valence-electron chi connectivity index (χ2n) is 11.3. The van der Waals surface area contributed by atoms with Crippen molar-refractivity contribution in [3.8, 4) is 22.6 Å². The van der Waals surface area contributed by atoms with Crippen molar-refractivity contribution in [2.45, 2.75) is 111 Å². The monoisotopic (exact) mass is 486 g/mol. The summed E-state index contributed by atoms with van der Waals surface area (Å²) in [4.78, 5) is 0. The Morgan fingerprint density at radius 1 is 0.750 bits per heavy atom. The standard InChI is InChI=1S/C33H46N2O/c1-7-11-13-25(9-3)21-33(22-26(10-4)14-12-8-2)30-19-23(5)15-17-28(30)29-18-16-27(20-31(29)33)32-35-34-24(6)36-32/h15-20,25-26H,7-14,21-22H2,1-6H3. The van der Waals surface area contributed by atoms with Gasteiger partial charge in [-0.1, -0.05) is 109 Å². The normalized spacial score (nSPS) is 18.2. The molecule has 3 nitrogen and oxygen atoms in total. The highest BCUT2D eigenvalue weighted by molar-refractivity contribution is 5.83.